The molecule has 1 saturated carbocycles. The third-order valence-corrected chi connectivity index (χ3v) is 6.56. The maximum atomic E-state index is 10.4. The zero-order valence-electron chi connectivity index (χ0n) is 19.9. The number of aryl methyl sites for hydroxylation is 1. The van der Waals surface area contributed by atoms with Crippen molar-refractivity contribution >= 4 is 29.9 Å². The van der Waals surface area contributed by atoms with Crippen molar-refractivity contribution in [1.82, 2.24) is 30.3 Å². The van der Waals surface area contributed by atoms with E-state index in [0.29, 0.717) is 18.6 Å². The highest BCUT2D eigenvalue weighted by Crippen LogP contribution is 2.25. The van der Waals surface area contributed by atoms with Crippen molar-refractivity contribution < 1.29 is 9.84 Å². The van der Waals surface area contributed by atoms with E-state index >= 15 is 0 Å². The fraction of sp³-hybridized carbons (Fsp3) is 0.864. The number of hydrogen-bond donors (Lipinski definition) is 3. The number of aromatic nitrogens is 3. The molecule has 2 aliphatic rings. The molecule has 2 atom stereocenters. The molecule has 2 heterocycles. The summed E-state index contributed by atoms with van der Waals surface area (Å²) in [6.45, 7) is 8.83. The van der Waals surface area contributed by atoms with E-state index in [0.717, 1.165) is 89.0 Å². The monoisotopic (exact) mass is 563 g/mol. The average Bonchev–Trinajstić information content (AvgIpc) is 3.10. The first-order valence-electron chi connectivity index (χ1n) is 12.0. The Bertz CT molecular complexity index is 692. The van der Waals surface area contributed by atoms with Crippen LogP contribution in [0.2, 0.25) is 0 Å². The van der Waals surface area contributed by atoms with Crippen molar-refractivity contribution in [3.8, 4) is 0 Å². The lowest BCUT2D eigenvalue weighted by molar-refractivity contribution is 0.00810. The second-order valence-corrected chi connectivity index (χ2v) is 8.74. The minimum Gasteiger partial charge on any atom is -0.391 e. The number of nitrogens with one attached hydrogen (secondary N) is 2. The van der Waals surface area contributed by atoms with Gasteiger partial charge in [0.25, 0.3) is 0 Å². The van der Waals surface area contributed by atoms with Gasteiger partial charge in [0.2, 0.25) is 0 Å². The first-order chi connectivity index (χ1) is 15.1. The minimum atomic E-state index is -0.155. The van der Waals surface area contributed by atoms with E-state index in [9.17, 15) is 5.11 Å². The maximum Gasteiger partial charge on any atom is 0.191 e. The van der Waals surface area contributed by atoms with Crippen LogP contribution in [-0.4, -0.2) is 81.8 Å². The molecule has 3 rings (SSSR count). The van der Waals surface area contributed by atoms with Crippen LogP contribution in [0.25, 0.3) is 0 Å². The number of hydrogen-bond acceptors (Lipinski definition) is 6. The summed E-state index contributed by atoms with van der Waals surface area (Å²) >= 11 is 0. The van der Waals surface area contributed by atoms with Crippen LogP contribution in [0.15, 0.2) is 4.99 Å². The molecule has 9 nitrogen and oxygen atoms in total. The number of piperidine rings is 1. The van der Waals surface area contributed by atoms with Gasteiger partial charge in [-0.15, -0.1) is 34.2 Å². The van der Waals surface area contributed by atoms with E-state index in [1.54, 1.807) is 0 Å². The van der Waals surface area contributed by atoms with Crippen molar-refractivity contribution in [1.29, 1.82) is 0 Å². The standard InChI is InChI=1S/C22H41N7O2.HI/c1-4-31-15-7-12-23-22(24-16-21-27-26-17(2)28(21)3)25-18-10-13-29(14-11-18)19-8-5-6-9-20(19)30;/h18-20,30H,4-16H2,1-3H3,(H2,23,24,25);1H. The lowest BCUT2D eigenvalue weighted by Crippen LogP contribution is -2.53. The summed E-state index contributed by atoms with van der Waals surface area (Å²) < 4.78 is 7.42. The van der Waals surface area contributed by atoms with E-state index in [2.05, 4.69) is 25.7 Å². The van der Waals surface area contributed by atoms with E-state index in [1.807, 2.05) is 25.5 Å². The number of rotatable bonds is 9. The molecule has 0 aromatic carbocycles. The molecule has 1 aliphatic heterocycles. The molecular formula is C22H42IN7O2. The lowest BCUT2D eigenvalue weighted by Gasteiger charge is -2.41. The van der Waals surface area contributed by atoms with Crippen LogP contribution < -0.4 is 10.6 Å². The third kappa shape index (κ3) is 8.11. The summed E-state index contributed by atoms with van der Waals surface area (Å²) in [6, 6.07) is 0.732. The van der Waals surface area contributed by atoms with Gasteiger partial charge in [-0.1, -0.05) is 12.8 Å². The second-order valence-electron chi connectivity index (χ2n) is 8.74. The number of guanidine groups is 1. The summed E-state index contributed by atoms with van der Waals surface area (Å²) in [5.41, 5.74) is 0. The molecule has 184 valence electrons. The van der Waals surface area contributed by atoms with E-state index < -0.39 is 0 Å². The van der Waals surface area contributed by atoms with Gasteiger partial charge in [-0.2, -0.15) is 0 Å². The Morgan fingerprint density at radius 2 is 1.94 bits per heavy atom. The molecule has 1 aliphatic carbocycles. The summed E-state index contributed by atoms with van der Waals surface area (Å²) in [7, 11) is 1.97. The first-order valence-corrected chi connectivity index (χ1v) is 12.0. The van der Waals surface area contributed by atoms with Crippen molar-refractivity contribution in [2.75, 3.05) is 32.8 Å². The van der Waals surface area contributed by atoms with Crippen molar-refractivity contribution in [3.05, 3.63) is 11.6 Å². The fourth-order valence-electron chi connectivity index (χ4n) is 4.50. The molecule has 1 aromatic rings. The van der Waals surface area contributed by atoms with Gasteiger partial charge < -0.3 is 25.0 Å². The predicted octanol–water partition coefficient (Wildman–Crippen LogP) is 1.97. The van der Waals surface area contributed by atoms with Crippen LogP contribution in [0.3, 0.4) is 0 Å². The Labute approximate surface area is 209 Å². The Hall–Kier alpha value is -0.980. The zero-order chi connectivity index (χ0) is 22.1. The summed E-state index contributed by atoms with van der Waals surface area (Å²) in [5.74, 6) is 2.57. The molecule has 0 radical (unpaired) electrons. The van der Waals surface area contributed by atoms with Crippen LogP contribution in [0.5, 0.6) is 0 Å². The molecular weight excluding hydrogens is 521 g/mol. The Balaban J connectivity index is 0.00000363. The molecule has 10 heteroatoms. The number of aliphatic imine (C=N–C) groups is 1. The molecule has 0 amide bonds. The average molecular weight is 564 g/mol. The number of likely N-dealkylation sites (tertiary alicyclic amines) is 1. The Kier molecular flexibility index (Phi) is 12.2. The van der Waals surface area contributed by atoms with Gasteiger partial charge in [0.15, 0.2) is 11.8 Å². The van der Waals surface area contributed by atoms with Crippen LogP contribution >= 0.6 is 24.0 Å². The van der Waals surface area contributed by atoms with Crippen LogP contribution in [-0.2, 0) is 18.3 Å². The van der Waals surface area contributed by atoms with Crippen LogP contribution in [0, 0.1) is 6.92 Å². The predicted molar refractivity (Wildman–Crippen MR) is 137 cm³/mol. The number of aliphatic hydroxyl groups excluding tert-OH is 1. The minimum absolute atomic E-state index is 0. The number of halogens is 1. The maximum absolute atomic E-state index is 10.4. The van der Waals surface area contributed by atoms with Gasteiger partial charge in [-0.3, -0.25) is 4.90 Å². The highest BCUT2D eigenvalue weighted by atomic mass is 127. The quantitative estimate of drug-likeness (QED) is 0.183. The van der Waals surface area contributed by atoms with Gasteiger partial charge in [0.05, 0.1) is 6.10 Å². The SMILES string of the molecule is CCOCCCNC(=NCc1nnc(C)n1C)NC1CCN(C2CCCCC2O)CC1.I. The molecule has 0 bridgehead atoms. The summed E-state index contributed by atoms with van der Waals surface area (Å²) in [6.07, 6.45) is 7.39. The molecule has 3 N–H and O–H groups in total. The zero-order valence-corrected chi connectivity index (χ0v) is 22.3. The van der Waals surface area contributed by atoms with Gasteiger partial charge in [-0.25, -0.2) is 4.99 Å². The smallest absolute Gasteiger partial charge is 0.191 e. The fourth-order valence-corrected chi connectivity index (χ4v) is 4.50. The number of ether oxygens (including phenoxy) is 1. The molecule has 2 fully saturated rings. The van der Waals surface area contributed by atoms with Gasteiger partial charge in [0, 0.05) is 52.0 Å². The topological polar surface area (TPSA) is 99.8 Å². The normalized spacial score (nSPS) is 23.1. The lowest BCUT2D eigenvalue weighted by atomic mass is 9.89. The largest absolute Gasteiger partial charge is 0.391 e. The van der Waals surface area contributed by atoms with Crippen molar-refractivity contribution in [2.45, 2.75) is 83.5 Å². The highest BCUT2D eigenvalue weighted by molar-refractivity contribution is 14.0. The van der Waals surface area contributed by atoms with E-state index in [-0.39, 0.29) is 30.1 Å². The number of aliphatic hydroxyl groups is 1. The molecule has 1 aromatic heterocycles. The first kappa shape index (κ1) is 27.3. The molecule has 32 heavy (non-hydrogen) atoms. The summed E-state index contributed by atoms with van der Waals surface area (Å²) in [5, 5.41) is 25.8. The molecule has 0 spiro atoms. The third-order valence-electron chi connectivity index (χ3n) is 6.56. The van der Waals surface area contributed by atoms with E-state index in [4.69, 9.17) is 9.73 Å². The van der Waals surface area contributed by atoms with Gasteiger partial charge in [-0.05, 0) is 46.0 Å². The Morgan fingerprint density at radius 1 is 1.19 bits per heavy atom. The summed E-state index contributed by atoms with van der Waals surface area (Å²) in [4.78, 5) is 7.27. The van der Waals surface area contributed by atoms with E-state index in [1.165, 1.54) is 6.42 Å². The number of nitrogens with zero attached hydrogens (tertiary/aromatic N) is 5. The Morgan fingerprint density at radius 3 is 2.59 bits per heavy atom. The second kappa shape index (κ2) is 14.3. The molecule has 1 saturated heterocycles. The van der Waals surface area contributed by atoms with Crippen molar-refractivity contribution in [2.24, 2.45) is 12.0 Å². The highest BCUT2D eigenvalue weighted by Gasteiger charge is 2.31. The van der Waals surface area contributed by atoms with Gasteiger partial charge in [0.1, 0.15) is 12.4 Å². The van der Waals surface area contributed by atoms with Gasteiger partial charge >= 0.3 is 0 Å². The van der Waals surface area contributed by atoms with Crippen LogP contribution in [0.4, 0.5) is 0 Å². The van der Waals surface area contributed by atoms with Crippen molar-refractivity contribution in [3.63, 3.8) is 0 Å². The van der Waals surface area contributed by atoms with Crippen LogP contribution in [0.1, 0.15) is 63.5 Å². The molecule has 2 unspecified atom stereocenters.